The van der Waals surface area contributed by atoms with E-state index in [1.165, 1.54) is 24.0 Å². The summed E-state index contributed by atoms with van der Waals surface area (Å²) in [5.41, 5.74) is 2.43. The molecule has 1 N–H and O–H groups in total. The Hall–Kier alpha value is -1.35. The molecular weight excluding hydrogens is 250 g/mol. The molecule has 1 aliphatic carbocycles. The Balaban J connectivity index is 1.64. The number of carboxylic acids is 1. The molecule has 0 atom stereocenters. The maximum absolute atomic E-state index is 11.3. The van der Waals surface area contributed by atoms with Crippen molar-refractivity contribution in [3.05, 3.63) is 35.4 Å². The lowest BCUT2D eigenvalue weighted by Crippen LogP contribution is -2.42. The minimum absolute atomic E-state index is 0.521. The number of benzene rings is 1. The average molecular weight is 273 g/mol. The first-order chi connectivity index (χ1) is 9.58. The summed E-state index contributed by atoms with van der Waals surface area (Å²) in [5, 5.41) is 9.28. The Kier molecular flexibility index (Phi) is 3.55. The predicted molar refractivity (Wildman–Crippen MR) is 78.7 cm³/mol. The standard InChI is InChI=1S/C17H23NO2/c1-17(16(19)20)8-10-18(11-9-17)12-14-4-2-3-5-15(14)13-6-7-13/h2-5,13H,6-12H2,1H3,(H,19,20). The number of carbonyl (C=O) groups is 1. The molecular formula is C17H23NO2. The summed E-state index contributed by atoms with van der Waals surface area (Å²) in [7, 11) is 0. The molecule has 1 saturated heterocycles. The minimum atomic E-state index is -0.643. The highest BCUT2D eigenvalue weighted by atomic mass is 16.4. The number of hydrogen-bond acceptors (Lipinski definition) is 2. The highest BCUT2D eigenvalue weighted by Crippen LogP contribution is 2.42. The molecule has 0 bridgehead atoms. The Morgan fingerprint density at radius 2 is 1.95 bits per heavy atom. The molecule has 20 heavy (non-hydrogen) atoms. The highest BCUT2D eigenvalue weighted by Gasteiger charge is 2.37. The zero-order valence-corrected chi connectivity index (χ0v) is 12.1. The van der Waals surface area contributed by atoms with E-state index in [0.717, 1.165) is 38.4 Å². The van der Waals surface area contributed by atoms with Crippen LogP contribution in [-0.2, 0) is 11.3 Å². The van der Waals surface area contributed by atoms with Gasteiger partial charge in [0.15, 0.2) is 0 Å². The van der Waals surface area contributed by atoms with E-state index in [4.69, 9.17) is 0 Å². The van der Waals surface area contributed by atoms with E-state index < -0.39 is 11.4 Å². The lowest BCUT2D eigenvalue weighted by Gasteiger charge is -2.36. The Bertz CT molecular complexity index is 499. The van der Waals surface area contributed by atoms with Crippen LogP contribution < -0.4 is 0 Å². The van der Waals surface area contributed by atoms with Gasteiger partial charge in [-0.15, -0.1) is 0 Å². The smallest absolute Gasteiger partial charge is 0.309 e. The maximum Gasteiger partial charge on any atom is 0.309 e. The molecule has 2 aliphatic rings. The second-order valence-electron chi connectivity index (χ2n) is 6.62. The normalized spacial score (nSPS) is 22.6. The van der Waals surface area contributed by atoms with Gasteiger partial charge in [-0.25, -0.2) is 0 Å². The zero-order chi connectivity index (χ0) is 14.2. The van der Waals surface area contributed by atoms with Gasteiger partial charge in [-0.05, 0) is 62.7 Å². The van der Waals surface area contributed by atoms with E-state index >= 15 is 0 Å². The summed E-state index contributed by atoms with van der Waals surface area (Å²) >= 11 is 0. The van der Waals surface area contributed by atoms with Gasteiger partial charge in [-0.3, -0.25) is 9.69 Å². The highest BCUT2D eigenvalue weighted by molar-refractivity contribution is 5.74. The fourth-order valence-corrected chi connectivity index (χ4v) is 3.13. The first kappa shape index (κ1) is 13.6. The van der Waals surface area contributed by atoms with Gasteiger partial charge < -0.3 is 5.11 Å². The Labute approximate surface area is 120 Å². The third-order valence-corrected chi connectivity index (χ3v) is 4.94. The number of likely N-dealkylation sites (tertiary alicyclic amines) is 1. The molecule has 0 spiro atoms. The molecule has 0 unspecified atom stereocenters. The van der Waals surface area contributed by atoms with Gasteiger partial charge in [-0.2, -0.15) is 0 Å². The summed E-state index contributed by atoms with van der Waals surface area (Å²) in [6.07, 6.45) is 4.17. The van der Waals surface area contributed by atoms with Crippen molar-refractivity contribution in [2.75, 3.05) is 13.1 Å². The molecule has 1 heterocycles. The second-order valence-corrected chi connectivity index (χ2v) is 6.62. The van der Waals surface area contributed by atoms with Gasteiger partial charge in [0, 0.05) is 6.54 Å². The van der Waals surface area contributed by atoms with Crippen LogP contribution in [0.2, 0.25) is 0 Å². The van der Waals surface area contributed by atoms with Crippen LogP contribution in [0.4, 0.5) is 0 Å². The third kappa shape index (κ3) is 2.73. The lowest BCUT2D eigenvalue weighted by molar-refractivity contribution is -0.150. The van der Waals surface area contributed by atoms with E-state index in [9.17, 15) is 9.90 Å². The van der Waals surface area contributed by atoms with Crippen molar-refractivity contribution in [1.82, 2.24) is 4.90 Å². The first-order valence-corrected chi connectivity index (χ1v) is 7.62. The number of hydrogen-bond donors (Lipinski definition) is 1. The van der Waals surface area contributed by atoms with Gasteiger partial charge in [0.25, 0.3) is 0 Å². The zero-order valence-electron chi connectivity index (χ0n) is 12.1. The van der Waals surface area contributed by atoms with Gasteiger partial charge >= 0.3 is 5.97 Å². The van der Waals surface area contributed by atoms with Gasteiger partial charge in [0.05, 0.1) is 5.41 Å². The van der Waals surface area contributed by atoms with Crippen molar-refractivity contribution in [2.45, 2.75) is 45.1 Å². The number of carboxylic acid groups (broad SMARTS) is 1. The molecule has 3 nitrogen and oxygen atoms in total. The van der Waals surface area contributed by atoms with E-state index in [1.54, 1.807) is 0 Å². The van der Waals surface area contributed by atoms with Crippen LogP contribution in [0.15, 0.2) is 24.3 Å². The summed E-state index contributed by atoms with van der Waals surface area (Å²) in [5.74, 6) is 0.135. The van der Waals surface area contributed by atoms with Gasteiger partial charge in [0.1, 0.15) is 0 Å². The number of piperidine rings is 1. The Morgan fingerprint density at radius 1 is 1.30 bits per heavy atom. The summed E-state index contributed by atoms with van der Waals surface area (Å²) in [6.45, 7) is 4.64. The molecule has 1 aliphatic heterocycles. The first-order valence-electron chi connectivity index (χ1n) is 7.62. The lowest BCUT2D eigenvalue weighted by atomic mass is 9.80. The van der Waals surface area contributed by atoms with E-state index in [0.29, 0.717) is 0 Å². The maximum atomic E-state index is 11.3. The van der Waals surface area contributed by atoms with Crippen molar-refractivity contribution in [3.63, 3.8) is 0 Å². The number of nitrogens with zero attached hydrogens (tertiary/aromatic N) is 1. The van der Waals surface area contributed by atoms with Crippen LogP contribution in [0.3, 0.4) is 0 Å². The van der Waals surface area contributed by atoms with Crippen LogP contribution in [0.25, 0.3) is 0 Å². The topological polar surface area (TPSA) is 40.5 Å². The quantitative estimate of drug-likeness (QED) is 0.915. The van der Waals surface area contributed by atoms with Crippen molar-refractivity contribution in [2.24, 2.45) is 5.41 Å². The summed E-state index contributed by atoms with van der Waals surface area (Å²) in [4.78, 5) is 13.7. The van der Waals surface area contributed by atoms with Gasteiger partial charge in [0.2, 0.25) is 0 Å². The third-order valence-electron chi connectivity index (χ3n) is 4.94. The minimum Gasteiger partial charge on any atom is -0.481 e. The van der Waals surface area contributed by atoms with Crippen LogP contribution in [-0.4, -0.2) is 29.1 Å². The molecule has 108 valence electrons. The summed E-state index contributed by atoms with van der Waals surface area (Å²) < 4.78 is 0. The monoisotopic (exact) mass is 273 g/mol. The molecule has 3 heteroatoms. The fraction of sp³-hybridized carbons (Fsp3) is 0.588. The SMILES string of the molecule is CC1(C(=O)O)CCN(Cc2ccccc2C2CC2)CC1. The molecule has 3 rings (SSSR count). The van der Waals surface area contributed by atoms with Crippen LogP contribution in [0, 0.1) is 5.41 Å². The number of rotatable bonds is 4. The second kappa shape index (κ2) is 5.21. The average Bonchev–Trinajstić information content (AvgIpc) is 3.26. The fourth-order valence-electron chi connectivity index (χ4n) is 3.13. The molecule has 1 saturated carbocycles. The van der Waals surface area contributed by atoms with Crippen molar-refractivity contribution in [3.8, 4) is 0 Å². The largest absolute Gasteiger partial charge is 0.481 e. The molecule has 2 fully saturated rings. The molecule has 1 aromatic carbocycles. The summed E-state index contributed by atoms with van der Waals surface area (Å²) in [6, 6.07) is 8.75. The molecule has 0 aromatic heterocycles. The predicted octanol–water partition coefficient (Wildman–Crippen LogP) is 3.25. The van der Waals surface area contributed by atoms with Crippen molar-refractivity contribution in [1.29, 1.82) is 0 Å². The van der Waals surface area contributed by atoms with Gasteiger partial charge in [-0.1, -0.05) is 24.3 Å². The van der Waals surface area contributed by atoms with Crippen LogP contribution in [0.1, 0.15) is 49.7 Å². The Morgan fingerprint density at radius 3 is 2.55 bits per heavy atom. The van der Waals surface area contributed by atoms with Crippen LogP contribution >= 0.6 is 0 Å². The molecule has 0 radical (unpaired) electrons. The molecule has 1 aromatic rings. The van der Waals surface area contributed by atoms with E-state index in [-0.39, 0.29) is 0 Å². The molecule has 0 amide bonds. The van der Waals surface area contributed by atoms with Crippen molar-refractivity contribution >= 4 is 5.97 Å². The van der Waals surface area contributed by atoms with E-state index in [1.807, 2.05) is 6.92 Å². The van der Waals surface area contributed by atoms with Crippen LogP contribution in [0.5, 0.6) is 0 Å². The van der Waals surface area contributed by atoms with E-state index in [2.05, 4.69) is 29.2 Å². The number of aliphatic carboxylic acids is 1. The van der Waals surface area contributed by atoms with Crippen molar-refractivity contribution < 1.29 is 9.90 Å².